The fourth-order valence-electron chi connectivity index (χ4n) is 4.58. The normalized spacial score (nSPS) is 18.7. The maximum absolute atomic E-state index is 13.8. The van der Waals surface area contributed by atoms with Crippen LogP contribution in [0.1, 0.15) is 37.8 Å². The van der Waals surface area contributed by atoms with Gasteiger partial charge in [0.25, 0.3) is 11.8 Å². The zero-order valence-electron chi connectivity index (χ0n) is 19.5. The third-order valence-electron chi connectivity index (χ3n) is 6.10. The van der Waals surface area contributed by atoms with Gasteiger partial charge in [-0.05, 0) is 61.1 Å². The summed E-state index contributed by atoms with van der Waals surface area (Å²) in [5.41, 5.74) is 3.46. The second kappa shape index (κ2) is 9.10. The number of ether oxygens (including phenoxy) is 1. The van der Waals surface area contributed by atoms with Gasteiger partial charge in [-0.25, -0.2) is 4.90 Å². The topological polar surface area (TPSA) is 79.0 Å². The van der Waals surface area contributed by atoms with E-state index in [1.807, 2.05) is 17.9 Å². The SMILES string of the molecule is COc1ccc(C)cc1N1C(=O)C(c2ccc(NC(C)=O)cc2)=C(N2CCCC(C)C2)C1=O. The first-order valence-corrected chi connectivity index (χ1v) is 11.2. The minimum atomic E-state index is -0.371. The van der Waals surface area contributed by atoms with Gasteiger partial charge >= 0.3 is 0 Å². The highest BCUT2D eigenvalue weighted by molar-refractivity contribution is 6.45. The molecule has 1 N–H and O–H groups in total. The van der Waals surface area contributed by atoms with Crippen LogP contribution < -0.4 is 15.0 Å². The lowest BCUT2D eigenvalue weighted by Gasteiger charge is -2.33. The molecule has 1 saturated heterocycles. The summed E-state index contributed by atoms with van der Waals surface area (Å²) in [5.74, 6) is 0.0224. The van der Waals surface area contributed by atoms with Crippen LogP contribution in [0.25, 0.3) is 5.57 Å². The lowest BCUT2D eigenvalue weighted by Crippen LogP contribution is -2.39. The Kier molecular flexibility index (Phi) is 6.22. The second-order valence-corrected chi connectivity index (χ2v) is 8.80. The molecule has 33 heavy (non-hydrogen) atoms. The molecule has 2 aliphatic rings. The number of carbonyl (C=O) groups excluding carboxylic acids is 3. The minimum absolute atomic E-state index is 0.171. The van der Waals surface area contributed by atoms with E-state index in [1.54, 1.807) is 36.4 Å². The summed E-state index contributed by atoms with van der Waals surface area (Å²) in [5, 5.41) is 2.73. The molecule has 0 saturated carbocycles. The van der Waals surface area contributed by atoms with Crippen LogP contribution in [0.5, 0.6) is 5.75 Å². The Balaban J connectivity index is 1.82. The van der Waals surface area contributed by atoms with E-state index in [-0.39, 0.29) is 17.7 Å². The summed E-state index contributed by atoms with van der Waals surface area (Å²) >= 11 is 0. The van der Waals surface area contributed by atoms with E-state index in [4.69, 9.17) is 4.74 Å². The molecule has 3 amide bonds. The van der Waals surface area contributed by atoms with Crippen LogP contribution in [0.4, 0.5) is 11.4 Å². The number of aryl methyl sites for hydroxylation is 1. The lowest BCUT2D eigenvalue weighted by atomic mass is 9.97. The van der Waals surface area contributed by atoms with Crippen LogP contribution in [-0.4, -0.2) is 42.8 Å². The first kappa shape index (κ1) is 22.6. The highest BCUT2D eigenvalue weighted by Gasteiger charge is 2.44. The van der Waals surface area contributed by atoms with Gasteiger partial charge in [-0.15, -0.1) is 0 Å². The van der Waals surface area contributed by atoms with Crippen LogP contribution in [0.2, 0.25) is 0 Å². The number of hydrogen-bond acceptors (Lipinski definition) is 5. The van der Waals surface area contributed by atoms with Gasteiger partial charge in [-0.1, -0.05) is 25.1 Å². The number of methoxy groups -OCH3 is 1. The van der Waals surface area contributed by atoms with Gasteiger partial charge in [0.1, 0.15) is 11.4 Å². The zero-order chi connectivity index (χ0) is 23.7. The van der Waals surface area contributed by atoms with Gasteiger partial charge in [0.05, 0.1) is 18.4 Å². The Labute approximate surface area is 194 Å². The van der Waals surface area contributed by atoms with E-state index in [9.17, 15) is 14.4 Å². The first-order valence-electron chi connectivity index (χ1n) is 11.2. The number of anilines is 2. The molecule has 1 unspecified atom stereocenters. The van der Waals surface area contributed by atoms with Crippen molar-refractivity contribution in [1.82, 2.24) is 4.90 Å². The third-order valence-corrected chi connectivity index (χ3v) is 6.10. The smallest absolute Gasteiger partial charge is 0.282 e. The number of hydrogen-bond donors (Lipinski definition) is 1. The Morgan fingerprint density at radius 2 is 1.82 bits per heavy atom. The fourth-order valence-corrected chi connectivity index (χ4v) is 4.58. The van der Waals surface area contributed by atoms with E-state index >= 15 is 0 Å². The molecule has 1 atom stereocenters. The fraction of sp³-hybridized carbons (Fsp3) is 0.346. The molecule has 4 rings (SSSR count). The van der Waals surface area contributed by atoms with Gasteiger partial charge in [0.2, 0.25) is 5.91 Å². The van der Waals surface area contributed by atoms with Crippen LogP contribution in [0.15, 0.2) is 48.2 Å². The number of likely N-dealkylation sites (tertiary alicyclic amines) is 1. The summed E-state index contributed by atoms with van der Waals surface area (Å²) < 4.78 is 5.48. The molecular weight excluding hydrogens is 418 g/mol. The van der Waals surface area contributed by atoms with Gasteiger partial charge < -0.3 is 15.0 Å². The number of nitrogens with zero attached hydrogens (tertiary/aromatic N) is 2. The van der Waals surface area contributed by atoms with Gasteiger partial charge in [0.15, 0.2) is 0 Å². The van der Waals surface area contributed by atoms with E-state index in [2.05, 4.69) is 12.2 Å². The van der Waals surface area contributed by atoms with Gasteiger partial charge in [0, 0.05) is 25.7 Å². The monoisotopic (exact) mass is 447 g/mol. The summed E-state index contributed by atoms with van der Waals surface area (Å²) in [6, 6.07) is 12.5. The highest BCUT2D eigenvalue weighted by atomic mass is 16.5. The Morgan fingerprint density at radius 1 is 1.09 bits per heavy atom. The molecule has 2 aromatic rings. The molecule has 172 valence electrons. The number of rotatable bonds is 5. The molecule has 2 aliphatic heterocycles. The molecule has 2 aromatic carbocycles. The number of piperidine rings is 1. The average molecular weight is 448 g/mol. The Bertz CT molecular complexity index is 1140. The van der Waals surface area contributed by atoms with Crippen LogP contribution in [-0.2, 0) is 14.4 Å². The molecule has 0 radical (unpaired) electrons. The molecule has 0 aromatic heterocycles. The van der Waals surface area contributed by atoms with Crippen LogP contribution >= 0.6 is 0 Å². The van der Waals surface area contributed by atoms with Crippen molar-refractivity contribution in [3.8, 4) is 5.75 Å². The molecule has 7 heteroatoms. The summed E-state index contributed by atoms with van der Waals surface area (Å²) in [4.78, 5) is 42.2. The highest BCUT2D eigenvalue weighted by Crippen LogP contribution is 2.40. The zero-order valence-corrected chi connectivity index (χ0v) is 19.5. The summed E-state index contributed by atoms with van der Waals surface area (Å²) in [7, 11) is 1.53. The molecule has 2 heterocycles. The molecular formula is C26H29N3O4. The molecule has 1 fully saturated rings. The maximum Gasteiger partial charge on any atom is 0.282 e. The van der Waals surface area contributed by atoms with Crippen LogP contribution in [0.3, 0.4) is 0 Å². The summed E-state index contributed by atoms with van der Waals surface area (Å²) in [6.07, 6.45) is 2.07. The number of imide groups is 1. The van der Waals surface area contributed by atoms with E-state index in [0.717, 1.165) is 31.5 Å². The Morgan fingerprint density at radius 3 is 2.45 bits per heavy atom. The molecule has 0 aliphatic carbocycles. The summed E-state index contributed by atoms with van der Waals surface area (Å²) in [6.45, 7) is 6.97. The van der Waals surface area contributed by atoms with Crippen molar-refractivity contribution < 1.29 is 19.1 Å². The minimum Gasteiger partial charge on any atom is -0.495 e. The van der Waals surface area contributed by atoms with Crippen molar-refractivity contribution in [2.45, 2.75) is 33.6 Å². The van der Waals surface area contributed by atoms with Crippen molar-refractivity contribution in [1.29, 1.82) is 0 Å². The number of amides is 3. The average Bonchev–Trinajstić information content (AvgIpc) is 3.03. The quantitative estimate of drug-likeness (QED) is 0.702. The standard InChI is InChI=1S/C26H29N3O4/c1-16-7-12-22(33-4)21(14-16)29-25(31)23(19-8-10-20(11-9-19)27-18(3)30)24(26(29)32)28-13-5-6-17(2)15-28/h7-12,14,17H,5-6,13,15H2,1-4H3,(H,27,30). The van der Waals surface area contributed by atoms with E-state index in [0.29, 0.717) is 39.9 Å². The molecule has 0 bridgehead atoms. The molecule has 7 nitrogen and oxygen atoms in total. The largest absolute Gasteiger partial charge is 0.495 e. The number of benzene rings is 2. The van der Waals surface area contributed by atoms with Crippen molar-refractivity contribution >= 4 is 34.7 Å². The van der Waals surface area contributed by atoms with Crippen LogP contribution in [0, 0.1) is 12.8 Å². The number of carbonyl (C=O) groups is 3. The predicted octanol–water partition coefficient (Wildman–Crippen LogP) is 3.98. The van der Waals surface area contributed by atoms with Crippen molar-refractivity contribution in [2.75, 3.05) is 30.4 Å². The Hall–Kier alpha value is -3.61. The lowest BCUT2D eigenvalue weighted by molar-refractivity contribution is -0.121. The van der Waals surface area contributed by atoms with Crippen molar-refractivity contribution in [2.24, 2.45) is 5.92 Å². The van der Waals surface area contributed by atoms with Gasteiger partial charge in [-0.3, -0.25) is 14.4 Å². The number of nitrogens with one attached hydrogen (secondary N) is 1. The predicted molar refractivity (Wildman–Crippen MR) is 128 cm³/mol. The maximum atomic E-state index is 13.8. The van der Waals surface area contributed by atoms with Crippen molar-refractivity contribution in [3.63, 3.8) is 0 Å². The van der Waals surface area contributed by atoms with Gasteiger partial charge in [-0.2, -0.15) is 0 Å². The van der Waals surface area contributed by atoms with E-state index < -0.39 is 0 Å². The van der Waals surface area contributed by atoms with Crippen molar-refractivity contribution in [3.05, 3.63) is 59.3 Å². The van der Waals surface area contributed by atoms with E-state index in [1.165, 1.54) is 18.9 Å². The third kappa shape index (κ3) is 4.35. The first-order chi connectivity index (χ1) is 15.8. The molecule has 0 spiro atoms. The second-order valence-electron chi connectivity index (χ2n) is 8.80.